The summed E-state index contributed by atoms with van der Waals surface area (Å²) >= 11 is 0. The van der Waals surface area contributed by atoms with Gasteiger partial charge in [-0.2, -0.15) is 0 Å². The fourth-order valence-electron chi connectivity index (χ4n) is 4.54. The lowest BCUT2D eigenvalue weighted by atomic mass is 9.88. The molecule has 0 aliphatic rings. The van der Waals surface area contributed by atoms with E-state index < -0.39 is 29.8 Å². The summed E-state index contributed by atoms with van der Waals surface area (Å²) in [5.41, 5.74) is 20.2. The molecule has 3 rings (SSSR count). The van der Waals surface area contributed by atoms with Crippen LogP contribution in [0.4, 0.5) is 0 Å². The topological polar surface area (TPSA) is 133 Å². The van der Waals surface area contributed by atoms with Gasteiger partial charge in [-0.3, -0.25) is 14.4 Å². The number of carbonyl (C=O) groups is 3. The molecule has 0 saturated carbocycles. The van der Waals surface area contributed by atoms with Crippen LogP contribution in [0.15, 0.2) is 84.9 Å². The number of rotatable bonds is 12. The van der Waals surface area contributed by atoms with Crippen LogP contribution in [0.3, 0.4) is 0 Å². The molecule has 7 nitrogen and oxygen atoms in total. The van der Waals surface area contributed by atoms with E-state index in [4.69, 9.17) is 17.2 Å². The van der Waals surface area contributed by atoms with Crippen LogP contribution in [-0.4, -0.2) is 35.2 Å². The minimum atomic E-state index is -0.837. The zero-order valence-electron chi connectivity index (χ0n) is 20.5. The second-order valence-corrected chi connectivity index (χ2v) is 8.91. The molecule has 0 aliphatic carbocycles. The van der Waals surface area contributed by atoms with E-state index in [1.165, 1.54) is 0 Å². The minimum absolute atomic E-state index is 0.127. The first-order chi connectivity index (χ1) is 17.3. The van der Waals surface area contributed by atoms with Gasteiger partial charge >= 0.3 is 0 Å². The lowest BCUT2D eigenvalue weighted by Crippen LogP contribution is -2.51. The van der Waals surface area contributed by atoms with E-state index in [1.807, 2.05) is 91.9 Å². The predicted molar refractivity (Wildman–Crippen MR) is 141 cm³/mol. The number of primary amides is 2. The Balaban J connectivity index is 2.09. The maximum Gasteiger partial charge on any atom is 0.240 e. The molecular weight excluding hydrogens is 452 g/mol. The Kier molecular flexibility index (Phi) is 9.36. The van der Waals surface area contributed by atoms with Gasteiger partial charge in [0, 0.05) is 0 Å². The van der Waals surface area contributed by atoms with E-state index in [9.17, 15) is 14.4 Å². The molecular formula is C29H34N4O3. The van der Waals surface area contributed by atoms with Crippen LogP contribution >= 0.6 is 0 Å². The molecule has 6 N–H and O–H groups in total. The van der Waals surface area contributed by atoms with Crippen LogP contribution in [0.1, 0.15) is 54.0 Å². The van der Waals surface area contributed by atoms with Crippen LogP contribution in [0.25, 0.3) is 0 Å². The van der Waals surface area contributed by atoms with Crippen molar-refractivity contribution in [2.75, 3.05) is 6.54 Å². The van der Waals surface area contributed by atoms with Crippen LogP contribution in [0.5, 0.6) is 0 Å². The Morgan fingerprint density at radius 2 is 1.31 bits per heavy atom. The first-order valence-corrected chi connectivity index (χ1v) is 12.1. The molecule has 2 atom stereocenters. The van der Waals surface area contributed by atoms with Crippen LogP contribution < -0.4 is 17.2 Å². The largest absolute Gasteiger partial charge is 0.369 e. The summed E-state index contributed by atoms with van der Waals surface area (Å²) in [6, 6.07) is 25.0. The number of amides is 3. The number of benzene rings is 3. The predicted octanol–water partition coefficient (Wildman–Crippen LogP) is 3.03. The van der Waals surface area contributed by atoms with Crippen molar-refractivity contribution in [2.45, 2.75) is 44.2 Å². The summed E-state index contributed by atoms with van der Waals surface area (Å²) in [6.45, 7) is 2.26. The molecule has 0 spiro atoms. The van der Waals surface area contributed by atoms with Gasteiger partial charge in [0.25, 0.3) is 0 Å². The molecule has 0 bridgehead atoms. The normalized spacial score (nSPS) is 12.6. The van der Waals surface area contributed by atoms with Crippen LogP contribution in [-0.2, 0) is 20.8 Å². The molecule has 3 aromatic carbocycles. The van der Waals surface area contributed by atoms with Crippen molar-refractivity contribution in [3.05, 3.63) is 107 Å². The molecule has 3 aromatic rings. The number of hydrogen-bond donors (Lipinski definition) is 3. The molecule has 0 fully saturated rings. The van der Waals surface area contributed by atoms with E-state index in [1.54, 1.807) is 4.90 Å². The van der Waals surface area contributed by atoms with Gasteiger partial charge in [-0.1, -0.05) is 84.9 Å². The zero-order valence-corrected chi connectivity index (χ0v) is 20.5. The first-order valence-electron chi connectivity index (χ1n) is 12.1. The summed E-state index contributed by atoms with van der Waals surface area (Å²) < 4.78 is 0. The molecule has 0 unspecified atom stereocenters. The summed E-state index contributed by atoms with van der Waals surface area (Å²) in [5.74, 6) is -1.84. The Labute approximate surface area is 212 Å². The Morgan fingerprint density at radius 3 is 1.75 bits per heavy atom. The van der Waals surface area contributed by atoms with Gasteiger partial charge in [0.2, 0.25) is 17.7 Å². The first kappa shape index (κ1) is 26.6. The van der Waals surface area contributed by atoms with Crippen molar-refractivity contribution in [1.82, 2.24) is 4.90 Å². The van der Waals surface area contributed by atoms with Gasteiger partial charge in [-0.15, -0.1) is 0 Å². The van der Waals surface area contributed by atoms with Crippen molar-refractivity contribution in [2.24, 2.45) is 17.2 Å². The molecule has 3 amide bonds. The highest BCUT2D eigenvalue weighted by Crippen LogP contribution is 2.33. The molecule has 0 aliphatic heterocycles. The summed E-state index contributed by atoms with van der Waals surface area (Å²) in [5, 5.41) is 0. The zero-order chi connectivity index (χ0) is 26.1. The third-order valence-corrected chi connectivity index (χ3v) is 6.37. The highest BCUT2D eigenvalue weighted by molar-refractivity contribution is 5.92. The van der Waals surface area contributed by atoms with Gasteiger partial charge in [0.1, 0.15) is 6.04 Å². The van der Waals surface area contributed by atoms with Gasteiger partial charge in [0.05, 0.1) is 18.4 Å². The number of hydrogen-bond acceptors (Lipinski definition) is 4. The Hall–Kier alpha value is -3.97. The maximum absolute atomic E-state index is 14.4. The molecule has 0 radical (unpaired) electrons. The lowest BCUT2D eigenvalue weighted by Gasteiger charge is -2.38. The van der Waals surface area contributed by atoms with Crippen LogP contribution in [0.2, 0.25) is 0 Å². The fraction of sp³-hybridized carbons (Fsp3) is 0.276. The van der Waals surface area contributed by atoms with Crippen LogP contribution in [0, 0.1) is 0 Å². The summed E-state index contributed by atoms with van der Waals surface area (Å²) in [6.07, 6.45) is 1.03. The molecule has 7 heteroatoms. The number of carbonyl (C=O) groups excluding carboxylic acids is 3. The van der Waals surface area contributed by atoms with Gasteiger partial charge in [0.15, 0.2) is 0 Å². The molecule has 0 aromatic heterocycles. The number of nitrogens with two attached hydrogens (primary N) is 3. The van der Waals surface area contributed by atoms with Gasteiger partial charge in [-0.25, -0.2) is 0 Å². The third-order valence-electron chi connectivity index (χ3n) is 6.37. The molecule has 188 valence electrons. The van der Waals surface area contributed by atoms with Crippen molar-refractivity contribution in [3.63, 3.8) is 0 Å². The SMILES string of the molecule is C[C@H](c1ccc(CC(N)=O)cc1)N(C(=O)C(c1ccccc1)c1ccccc1)[C@H](CCCN)C(N)=O. The van der Waals surface area contributed by atoms with Crippen molar-refractivity contribution < 1.29 is 14.4 Å². The van der Waals surface area contributed by atoms with Gasteiger partial charge in [-0.05, 0) is 48.6 Å². The fourth-order valence-corrected chi connectivity index (χ4v) is 4.54. The minimum Gasteiger partial charge on any atom is -0.369 e. The monoisotopic (exact) mass is 486 g/mol. The average molecular weight is 487 g/mol. The Morgan fingerprint density at radius 1 is 0.778 bits per heavy atom. The highest BCUT2D eigenvalue weighted by atomic mass is 16.2. The van der Waals surface area contributed by atoms with E-state index in [-0.39, 0.29) is 12.3 Å². The van der Waals surface area contributed by atoms with Gasteiger partial charge < -0.3 is 22.1 Å². The maximum atomic E-state index is 14.4. The summed E-state index contributed by atoms with van der Waals surface area (Å²) in [7, 11) is 0. The lowest BCUT2D eigenvalue weighted by molar-refractivity contribution is -0.142. The Bertz CT molecular complexity index is 1110. The van der Waals surface area contributed by atoms with Crippen molar-refractivity contribution in [3.8, 4) is 0 Å². The third kappa shape index (κ3) is 6.58. The average Bonchev–Trinajstić information content (AvgIpc) is 2.87. The van der Waals surface area contributed by atoms with E-state index in [0.29, 0.717) is 19.4 Å². The quantitative estimate of drug-likeness (QED) is 0.363. The van der Waals surface area contributed by atoms with E-state index >= 15 is 0 Å². The molecule has 36 heavy (non-hydrogen) atoms. The van der Waals surface area contributed by atoms with Crippen molar-refractivity contribution in [1.29, 1.82) is 0 Å². The standard InChI is InChI=1S/C29H34N4O3/c1-20(22-16-14-21(15-17-22)19-26(31)34)33(25(28(32)35)13-8-18-30)29(36)27(23-9-4-2-5-10-23)24-11-6-3-7-12-24/h2-7,9-12,14-17,20,25,27H,8,13,18-19,30H2,1H3,(H2,31,34)(H2,32,35)/t20-,25-/m1/s1. The second-order valence-electron chi connectivity index (χ2n) is 8.91. The highest BCUT2D eigenvalue weighted by Gasteiger charge is 2.37. The summed E-state index contributed by atoms with van der Waals surface area (Å²) in [4.78, 5) is 40.0. The van der Waals surface area contributed by atoms with E-state index in [0.717, 1.165) is 22.3 Å². The molecule has 0 heterocycles. The smallest absolute Gasteiger partial charge is 0.240 e. The second kappa shape index (κ2) is 12.7. The molecule has 0 saturated heterocycles. The van der Waals surface area contributed by atoms with Crippen molar-refractivity contribution >= 4 is 17.7 Å². The number of nitrogens with zero attached hydrogens (tertiary/aromatic N) is 1. The van der Waals surface area contributed by atoms with E-state index in [2.05, 4.69) is 0 Å².